The number of fused-ring (bicyclic) bond motifs is 1. The van der Waals surface area contributed by atoms with Gasteiger partial charge in [-0.2, -0.15) is 13.2 Å². The zero-order valence-corrected chi connectivity index (χ0v) is 23.8. The number of halogens is 4. The van der Waals surface area contributed by atoms with Crippen LogP contribution in [-0.4, -0.2) is 45.4 Å². The Bertz CT molecular complexity index is 1340. The predicted octanol–water partition coefficient (Wildman–Crippen LogP) is 5.19. The van der Waals surface area contributed by atoms with Crippen LogP contribution in [0.15, 0.2) is 23.0 Å². The van der Waals surface area contributed by atoms with Gasteiger partial charge in [-0.05, 0) is 77.0 Å². The predicted molar refractivity (Wildman–Crippen MR) is 146 cm³/mol. The first-order valence-electron chi connectivity index (χ1n) is 13.6. The number of benzene rings is 1. The number of carbonyl (C=O) groups is 2. The minimum atomic E-state index is -4.70. The van der Waals surface area contributed by atoms with Gasteiger partial charge in [-0.25, -0.2) is 4.98 Å². The van der Waals surface area contributed by atoms with Crippen molar-refractivity contribution >= 4 is 29.4 Å². The van der Waals surface area contributed by atoms with E-state index in [0.29, 0.717) is 23.6 Å². The van der Waals surface area contributed by atoms with E-state index in [4.69, 9.17) is 16.6 Å². The quantitative estimate of drug-likeness (QED) is 0.489. The first-order valence-corrected chi connectivity index (χ1v) is 14.0. The molecule has 8 nitrogen and oxygen atoms in total. The molecule has 2 amide bonds. The fourth-order valence-corrected chi connectivity index (χ4v) is 5.88. The average Bonchev–Trinajstić information content (AvgIpc) is 2.88. The van der Waals surface area contributed by atoms with Crippen molar-refractivity contribution in [1.29, 1.82) is 0 Å². The highest BCUT2D eigenvalue weighted by atomic mass is 35.5. The highest BCUT2D eigenvalue weighted by Crippen LogP contribution is 2.37. The zero-order chi connectivity index (χ0) is 29.4. The molecule has 1 atom stereocenters. The molecule has 1 aromatic carbocycles. The van der Waals surface area contributed by atoms with Crippen LogP contribution in [0.5, 0.6) is 0 Å². The van der Waals surface area contributed by atoms with Crippen molar-refractivity contribution in [2.45, 2.75) is 90.1 Å². The second-order valence-corrected chi connectivity index (χ2v) is 11.5. The van der Waals surface area contributed by atoms with E-state index >= 15 is 0 Å². The topological polar surface area (TPSA) is 96.3 Å². The first-order chi connectivity index (χ1) is 18.8. The number of rotatable bonds is 6. The van der Waals surface area contributed by atoms with Crippen molar-refractivity contribution in [2.75, 3.05) is 12.4 Å². The molecular weight excluding hydrogens is 547 g/mol. The molecule has 1 aliphatic heterocycles. The molecule has 218 valence electrons. The molecule has 1 fully saturated rings. The Balaban J connectivity index is 1.64. The lowest BCUT2D eigenvalue weighted by Gasteiger charge is -2.36. The summed E-state index contributed by atoms with van der Waals surface area (Å²) in [7, 11) is 1.63. The fraction of sp³-hybridized carbons (Fsp3) is 0.571. The zero-order valence-electron chi connectivity index (χ0n) is 23.1. The molecule has 2 N–H and O–H groups in total. The molecule has 1 aliphatic carbocycles. The van der Waals surface area contributed by atoms with Crippen LogP contribution in [0.25, 0.3) is 0 Å². The molecule has 0 unspecified atom stereocenters. The third-order valence-electron chi connectivity index (χ3n) is 7.78. The molecule has 40 heavy (non-hydrogen) atoms. The molecule has 2 aromatic rings. The van der Waals surface area contributed by atoms with Crippen LogP contribution in [-0.2, 0) is 23.9 Å². The monoisotopic (exact) mass is 581 g/mol. The van der Waals surface area contributed by atoms with E-state index < -0.39 is 28.7 Å². The van der Waals surface area contributed by atoms with Crippen LogP contribution in [0, 0.1) is 5.92 Å². The number of anilines is 1. The van der Waals surface area contributed by atoms with Crippen LogP contribution in [0.4, 0.5) is 19.1 Å². The number of nitrogens with zero attached hydrogens (tertiary/aromatic N) is 3. The summed E-state index contributed by atoms with van der Waals surface area (Å²) in [6, 6.07) is 2.60. The van der Waals surface area contributed by atoms with E-state index in [1.807, 2.05) is 13.8 Å². The maximum Gasteiger partial charge on any atom is 0.417 e. The van der Waals surface area contributed by atoms with Gasteiger partial charge in [-0.15, -0.1) is 0 Å². The van der Waals surface area contributed by atoms with Crippen LogP contribution in [0.2, 0.25) is 5.02 Å². The number of amides is 2. The van der Waals surface area contributed by atoms with Crippen molar-refractivity contribution < 1.29 is 22.8 Å². The van der Waals surface area contributed by atoms with Gasteiger partial charge in [0, 0.05) is 42.7 Å². The first kappa shape index (κ1) is 29.9. The molecule has 0 radical (unpaired) electrons. The second-order valence-electron chi connectivity index (χ2n) is 11.1. The van der Waals surface area contributed by atoms with Gasteiger partial charge in [0.25, 0.3) is 11.5 Å². The summed E-state index contributed by atoms with van der Waals surface area (Å²) in [4.78, 5) is 45.3. The Morgan fingerprint density at radius 2 is 1.85 bits per heavy atom. The third kappa shape index (κ3) is 6.29. The largest absolute Gasteiger partial charge is 0.417 e. The van der Waals surface area contributed by atoms with Gasteiger partial charge >= 0.3 is 6.18 Å². The maximum absolute atomic E-state index is 13.9. The number of hydrogen-bond acceptors (Lipinski definition) is 5. The maximum atomic E-state index is 13.9. The molecule has 1 saturated carbocycles. The Hall–Kier alpha value is -3.08. The Morgan fingerprint density at radius 3 is 2.45 bits per heavy atom. The standard InChI is InChI=1S/C28H35ClF3N5O3/c1-15(2)34-27-35-23-14-36(25(39)18-7-10-22(29)21(13-18)28(30,31)32)16(3)11-20(23)26(40)37(27)19-8-5-17(6-9-19)12-24(38)33-4/h7,10,13,15-17,19H,5-6,8-9,11-12,14H2,1-4H3,(H,33,38)(H,34,35)/t16-,17-,19+/m1/s1. The van der Waals surface area contributed by atoms with Crippen molar-refractivity contribution in [2.24, 2.45) is 5.92 Å². The molecule has 2 aliphatic rings. The number of alkyl halides is 3. The normalized spacial score (nSPS) is 21.2. The van der Waals surface area contributed by atoms with E-state index in [-0.39, 0.29) is 48.0 Å². The van der Waals surface area contributed by atoms with E-state index in [2.05, 4.69) is 10.6 Å². The van der Waals surface area contributed by atoms with Crippen molar-refractivity contribution in [3.8, 4) is 0 Å². The summed E-state index contributed by atoms with van der Waals surface area (Å²) in [5.41, 5.74) is -0.402. The number of nitrogens with one attached hydrogen (secondary N) is 2. The van der Waals surface area contributed by atoms with E-state index in [9.17, 15) is 27.6 Å². The summed E-state index contributed by atoms with van der Waals surface area (Å²) >= 11 is 5.74. The highest BCUT2D eigenvalue weighted by Gasteiger charge is 2.37. The summed E-state index contributed by atoms with van der Waals surface area (Å²) in [6.07, 6.45) is -0.859. The molecule has 4 rings (SSSR count). The van der Waals surface area contributed by atoms with Gasteiger partial charge in [0.15, 0.2) is 0 Å². The van der Waals surface area contributed by atoms with Gasteiger partial charge < -0.3 is 15.5 Å². The highest BCUT2D eigenvalue weighted by molar-refractivity contribution is 6.31. The van der Waals surface area contributed by atoms with Crippen LogP contribution in [0.1, 0.15) is 86.1 Å². The van der Waals surface area contributed by atoms with E-state index in [1.165, 1.54) is 11.0 Å². The van der Waals surface area contributed by atoms with E-state index in [1.54, 1.807) is 18.5 Å². The molecular formula is C28H35ClF3N5O3. The summed E-state index contributed by atoms with van der Waals surface area (Å²) in [5.74, 6) is 0.115. The van der Waals surface area contributed by atoms with Gasteiger partial charge in [0.2, 0.25) is 11.9 Å². The average molecular weight is 582 g/mol. The Labute approximate surface area is 236 Å². The molecule has 0 spiro atoms. The van der Waals surface area contributed by atoms with Crippen LogP contribution in [0.3, 0.4) is 0 Å². The molecule has 0 bridgehead atoms. The number of carbonyl (C=O) groups excluding carboxylic acids is 2. The molecule has 12 heteroatoms. The lowest BCUT2D eigenvalue weighted by atomic mass is 9.83. The van der Waals surface area contributed by atoms with Gasteiger partial charge in [0.05, 0.1) is 22.8 Å². The SMILES string of the molecule is CNC(=O)C[C@H]1CC[C@@H](n2c(NC(C)C)nc3c(c2=O)C[C@@H](C)N(C(=O)c2ccc(Cl)c(C(F)(F)F)c2)C3)CC1. The van der Waals surface area contributed by atoms with Crippen molar-refractivity contribution in [1.82, 2.24) is 19.8 Å². The number of aromatic nitrogens is 2. The lowest BCUT2D eigenvalue weighted by Crippen LogP contribution is -2.46. The lowest BCUT2D eigenvalue weighted by molar-refractivity contribution is -0.137. The van der Waals surface area contributed by atoms with E-state index in [0.717, 1.165) is 37.8 Å². The van der Waals surface area contributed by atoms with Crippen LogP contribution >= 0.6 is 11.6 Å². The van der Waals surface area contributed by atoms with Crippen molar-refractivity contribution in [3.63, 3.8) is 0 Å². The van der Waals surface area contributed by atoms with Crippen LogP contribution < -0.4 is 16.2 Å². The summed E-state index contributed by atoms with van der Waals surface area (Å²) in [6.45, 7) is 5.65. The molecule has 2 heterocycles. The Morgan fingerprint density at radius 1 is 1.18 bits per heavy atom. The number of hydrogen-bond donors (Lipinski definition) is 2. The smallest absolute Gasteiger partial charge is 0.359 e. The van der Waals surface area contributed by atoms with Gasteiger partial charge in [-0.1, -0.05) is 11.6 Å². The molecule has 1 aromatic heterocycles. The fourth-order valence-electron chi connectivity index (χ4n) is 5.66. The molecule has 0 saturated heterocycles. The minimum Gasteiger partial charge on any atom is -0.359 e. The summed E-state index contributed by atoms with van der Waals surface area (Å²) in [5, 5.41) is 5.47. The summed E-state index contributed by atoms with van der Waals surface area (Å²) < 4.78 is 41.9. The second kappa shape index (κ2) is 11.8. The Kier molecular flexibility index (Phi) is 8.82. The van der Waals surface area contributed by atoms with Gasteiger partial charge in [-0.3, -0.25) is 19.0 Å². The minimum absolute atomic E-state index is 0.00103. The van der Waals surface area contributed by atoms with Crippen molar-refractivity contribution in [3.05, 3.63) is 56.0 Å². The van der Waals surface area contributed by atoms with Gasteiger partial charge in [0.1, 0.15) is 0 Å². The third-order valence-corrected chi connectivity index (χ3v) is 8.11.